The molecule has 0 radical (unpaired) electrons. The standard InChI is InChI=1S/C18H17Cl2FN2O2/c19-14-6-3-12(9-15(14)20)16-10-23(7-8-25-16)17(18(22)24)11-1-4-13(21)5-2-11/h1-6,9,16-17H,7-8,10H2,(H2,22,24). The maximum Gasteiger partial charge on any atom is 0.239 e. The summed E-state index contributed by atoms with van der Waals surface area (Å²) in [6.45, 7) is 1.45. The number of benzene rings is 2. The first kappa shape index (κ1) is 18.1. The summed E-state index contributed by atoms with van der Waals surface area (Å²) in [4.78, 5) is 14.0. The molecule has 0 bridgehead atoms. The normalized spacial score (nSPS) is 19.6. The highest BCUT2D eigenvalue weighted by atomic mass is 35.5. The van der Waals surface area contributed by atoms with E-state index in [4.69, 9.17) is 33.7 Å². The van der Waals surface area contributed by atoms with Gasteiger partial charge in [-0.3, -0.25) is 9.69 Å². The zero-order chi connectivity index (χ0) is 18.0. The quantitative estimate of drug-likeness (QED) is 0.876. The van der Waals surface area contributed by atoms with Gasteiger partial charge in [-0.15, -0.1) is 0 Å². The molecule has 4 nitrogen and oxygen atoms in total. The molecule has 1 heterocycles. The van der Waals surface area contributed by atoms with Gasteiger partial charge in [-0.2, -0.15) is 0 Å². The SMILES string of the molecule is NC(=O)C(c1ccc(F)cc1)N1CCOC(c2ccc(Cl)c(Cl)c2)C1. The first-order valence-corrected chi connectivity index (χ1v) is 8.56. The van der Waals surface area contributed by atoms with Crippen molar-refractivity contribution in [3.63, 3.8) is 0 Å². The van der Waals surface area contributed by atoms with E-state index in [1.807, 2.05) is 11.0 Å². The summed E-state index contributed by atoms with van der Waals surface area (Å²) in [6, 6.07) is 10.5. The van der Waals surface area contributed by atoms with Gasteiger partial charge in [0.2, 0.25) is 5.91 Å². The molecule has 132 valence electrons. The lowest BCUT2D eigenvalue weighted by atomic mass is 10.0. The lowest BCUT2D eigenvalue weighted by molar-refractivity contribution is -0.127. The number of nitrogens with zero attached hydrogens (tertiary/aromatic N) is 1. The highest BCUT2D eigenvalue weighted by Crippen LogP contribution is 2.32. The van der Waals surface area contributed by atoms with Gasteiger partial charge < -0.3 is 10.5 Å². The minimum Gasteiger partial charge on any atom is -0.371 e. The van der Waals surface area contributed by atoms with Crippen molar-refractivity contribution in [1.29, 1.82) is 0 Å². The summed E-state index contributed by atoms with van der Waals surface area (Å²) in [6.07, 6.45) is -0.259. The Morgan fingerprint density at radius 1 is 1.20 bits per heavy atom. The summed E-state index contributed by atoms with van der Waals surface area (Å²) >= 11 is 12.0. The molecule has 2 aromatic carbocycles. The van der Waals surface area contributed by atoms with Gasteiger partial charge in [0.15, 0.2) is 0 Å². The van der Waals surface area contributed by atoms with Crippen LogP contribution < -0.4 is 5.73 Å². The third kappa shape index (κ3) is 4.12. The Morgan fingerprint density at radius 2 is 1.92 bits per heavy atom. The summed E-state index contributed by atoms with van der Waals surface area (Å²) in [5, 5.41) is 0.921. The van der Waals surface area contributed by atoms with Crippen LogP contribution in [0.3, 0.4) is 0 Å². The van der Waals surface area contributed by atoms with E-state index in [9.17, 15) is 9.18 Å². The lowest BCUT2D eigenvalue weighted by Crippen LogP contribution is -2.45. The molecule has 0 spiro atoms. The minimum absolute atomic E-state index is 0.259. The number of amides is 1. The van der Waals surface area contributed by atoms with Crippen molar-refractivity contribution >= 4 is 29.1 Å². The number of carbonyl (C=O) groups is 1. The minimum atomic E-state index is -0.644. The Morgan fingerprint density at radius 3 is 2.56 bits per heavy atom. The molecule has 1 fully saturated rings. The first-order valence-electron chi connectivity index (χ1n) is 7.81. The van der Waals surface area contributed by atoms with Gasteiger partial charge in [0.1, 0.15) is 11.9 Å². The van der Waals surface area contributed by atoms with E-state index in [1.54, 1.807) is 24.3 Å². The molecular formula is C18H17Cl2FN2O2. The molecule has 25 heavy (non-hydrogen) atoms. The Kier molecular flexibility index (Phi) is 5.59. The largest absolute Gasteiger partial charge is 0.371 e. The van der Waals surface area contributed by atoms with Crippen LogP contribution in [0.5, 0.6) is 0 Å². The number of primary amides is 1. The second kappa shape index (κ2) is 7.70. The van der Waals surface area contributed by atoms with Crippen LogP contribution in [-0.4, -0.2) is 30.5 Å². The van der Waals surface area contributed by atoms with Crippen molar-refractivity contribution in [2.24, 2.45) is 5.73 Å². The maximum atomic E-state index is 13.2. The van der Waals surface area contributed by atoms with Crippen molar-refractivity contribution < 1.29 is 13.9 Å². The maximum absolute atomic E-state index is 13.2. The van der Waals surface area contributed by atoms with E-state index in [2.05, 4.69) is 0 Å². The van der Waals surface area contributed by atoms with E-state index in [-0.39, 0.29) is 11.9 Å². The summed E-state index contributed by atoms with van der Waals surface area (Å²) < 4.78 is 19.0. The van der Waals surface area contributed by atoms with Gasteiger partial charge in [-0.25, -0.2) is 4.39 Å². The number of ether oxygens (including phenoxy) is 1. The zero-order valence-electron chi connectivity index (χ0n) is 13.3. The summed E-state index contributed by atoms with van der Waals surface area (Å²) in [5.74, 6) is -0.843. The van der Waals surface area contributed by atoms with E-state index < -0.39 is 11.9 Å². The van der Waals surface area contributed by atoms with E-state index in [0.29, 0.717) is 35.3 Å². The molecule has 0 aliphatic carbocycles. The molecule has 1 amide bonds. The van der Waals surface area contributed by atoms with Crippen LogP contribution in [-0.2, 0) is 9.53 Å². The third-order valence-corrected chi connectivity index (χ3v) is 4.97. The fourth-order valence-corrected chi connectivity index (χ4v) is 3.32. The van der Waals surface area contributed by atoms with Gasteiger partial charge >= 0.3 is 0 Å². The predicted octanol–water partition coefficient (Wildman–Crippen LogP) is 3.73. The van der Waals surface area contributed by atoms with Crippen LogP contribution >= 0.6 is 23.2 Å². The fourth-order valence-electron chi connectivity index (χ4n) is 3.02. The first-order chi connectivity index (χ1) is 12.0. The molecule has 2 aromatic rings. The van der Waals surface area contributed by atoms with Crippen LogP contribution in [0.4, 0.5) is 4.39 Å². The number of hydrogen-bond donors (Lipinski definition) is 1. The van der Waals surface area contributed by atoms with Crippen molar-refractivity contribution in [1.82, 2.24) is 4.90 Å². The monoisotopic (exact) mass is 382 g/mol. The van der Waals surface area contributed by atoms with Crippen LogP contribution in [0.15, 0.2) is 42.5 Å². The molecule has 1 aliphatic rings. The average Bonchev–Trinajstić information content (AvgIpc) is 2.59. The number of hydrogen-bond acceptors (Lipinski definition) is 3. The van der Waals surface area contributed by atoms with Crippen molar-refractivity contribution in [3.8, 4) is 0 Å². The summed E-state index contributed by atoms with van der Waals surface area (Å²) in [5.41, 5.74) is 7.14. The van der Waals surface area contributed by atoms with Crippen LogP contribution in [0.2, 0.25) is 10.0 Å². The molecule has 2 unspecified atom stereocenters. The Hall–Kier alpha value is -1.66. The van der Waals surface area contributed by atoms with E-state index >= 15 is 0 Å². The van der Waals surface area contributed by atoms with Gasteiger partial charge in [0.05, 0.1) is 22.8 Å². The van der Waals surface area contributed by atoms with Gasteiger partial charge in [0.25, 0.3) is 0 Å². The van der Waals surface area contributed by atoms with Crippen molar-refractivity contribution in [2.45, 2.75) is 12.1 Å². The van der Waals surface area contributed by atoms with E-state index in [0.717, 1.165) is 5.56 Å². The Labute approximate surface area is 155 Å². The highest BCUT2D eigenvalue weighted by Gasteiger charge is 2.31. The molecule has 3 rings (SSSR count). The number of halogens is 3. The fraction of sp³-hybridized carbons (Fsp3) is 0.278. The molecule has 1 aliphatic heterocycles. The third-order valence-electron chi connectivity index (χ3n) is 4.23. The average molecular weight is 383 g/mol. The number of carbonyl (C=O) groups excluding carboxylic acids is 1. The molecule has 7 heteroatoms. The van der Waals surface area contributed by atoms with Gasteiger partial charge in [-0.05, 0) is 35.4 Å². The zero-order valence-corrected chi connectivity index (χ0v) is 14.8. The predicted molar refractivity (Wildman–Crippen MR) is 95.1 cm³/mol. The van der Waals surface area contributed by atoms with E-state index in [1.165, 1.54) is 12.1 Å². The number of morpholine rings is 1. The lowest BCUT2D eigenvalue weighted by Gasteiger charge is -2.37. The Balaban J connectivity index is 1.84. The molecule has 0 saturated carbocycles. The van der Waals surface area contributed by atoms with Crippen molar-refractivity contribution in [3.05, 3.63) is 69.5 Å². The van der Waals surface area contributed by atoms with Gasteiger partial charge in [0, 0.05) is 13.1 Å². The summed E-state index contributed by atoms with van der Waals surface area (Å²) in [7, 11) is 0. The second-order valence-corrected chi connectivity index (χ2v) is 6.70. The topological polar surface area (TPSA) is 55.6 Å². The Bertz CT molecular complexity index is 770. The molecule has 1 saturated heterocycles. The molecule has 2 atom stereocenters. The van der Waals surface area contributed by atoms with Crippen LogP contribution in [0.25, 0.3) is 0 Å². The molecular weight excluding hydrogens is 366 g/mol. The van der Waals surface area contributed by atoms with Gasteiger partial charge in [-0.1, -0.05) is 41.4 Å². The molecule has 0 aromatic heterocycles. The second-order valence-electron chi connectivity index (χ2n) is 5.88. The van der Waals surface area contributed by atoms with Crippen molar-refractivity contribution in [2.75, 3.05) is 19.7 Å². The number of nitrogens with two attached hydrogens (primary N) is 1. The molecule has 2 N–H and O–H groups in total. The smallest absolute Gasteiger partial charge is 0.239 e. The van der Waals surface area contributed by atoms with Crippen LogP contribution in [0.1, 0.15) is 23.3 Å². The highest BCUT2D eigenvalue weighted by molar-refractivity contribution is 6.42. The van der Waals surface area contributed by atoms with Crippen LogP contribution in [0, 0.1) is 5.82 Å². The number of rotatable bonds is 4.